The van der Waals surface area contributed by atoms with Gasteiger partial charge >= 0.3 is 0 Å². The fraction of sp³-hybridized carbons (Fsp3) is 0.643. The van der Waals surface area contributed by atoms with Crippen molar-refractivity contribution >= 4 is 11.5 Å². The summed E-state index contributed by atoms with van der Waals surface area (Å²) < 4.78 is 0. The third-order valence-corrected chi connectivity index (χ3v) is 4.62. The van der Waals surface area contributed by atoms with Crippen LogP contribution in [0.1, 0.15) is 18.4 Å². The predicted octanol–water partition coefficient (Wildman–Crippen LogP) is 1.01. The molecule has 4 nitrogen and oxygen atoms in total. The first-order valence-corrected chi connectivity index (χ1v) is 7.01. The maximum Gasteiger partial charge on any atom is 0.133 e. The van der Waals surface area contributed by atoms with Crippen molar-refractivity contribution in [1.82, 2.24) is 10.3 Å². The molecule has 0 spiro atoms. The molecule has 1 N–H and O–H groups in total. The first kappa shape index (κ1) is 10.6. The zero-order valence-corrected chi connectivity index (χ0v) is 10.9. The van der Waals surface area contributed by atoms with Crippen molar-refractivity contribution in [2.45, 2.75) is 31.3 Å². The van der Waals surface area contributed by atoms with Crippen LogP contribution in [0.15, 0.2) is 12.3 Å². The van der Waals surface area contributed by atoms with Crippen molar-refractivity contribution in [3.63, 3.8) is 0 Å². The van der Waals surface area contributed by atoms with E-state index in [1.807, 2.05) is 6.20 Å². The van der Waals surface area contributed by atoms with Crippen LogP contribution in [0.2, 0.25) is 0 Å². The predicted molar refractivity (Wildman–Crippen MR) is 73.4 cm³/mol. The molecule has 2 fully saturated rings. The highest BCUT2D eigenvalue weighted by atomic mass is 15.3. The van der Waals surface area contributed by atoms with E-state index < -0.39 is 0 Å². The van der Waals surface area contributed by atoms with Crippen LogP contribution >= 0.6 is 0 Å². The highest BCUT2D eigenvalue weighted by Crippen LogP contribution is 2.34. The van der Waals surface area contributed by atoms with Gasteiger partial charge in [-0.15, -0.1) is 0 Å². The molecule has 4 heterocycles. The summed E-state index contributed by atoms with van der Waals surface area (Å²) in [5.41, 5.74) is 2.89. The normalized spacial score (nSPS) is 29.8. The van der Waals surface area contributed by atoms with Gasteiger partial charge in [0.15, 0.2) is 0 Å². The number of piperazine rings is 1. The summed E-state index contributed by atoms with van der Waals surface area (Å²) in [6, 6.07) is 3.61. The molecule has 2 atom stereocenters. The number of hydrogen-bond acceptors (Lipinski definition) is 4. The van der Waals surface area contributed by atoms with Gasteiger partial charge in [0.2, 0.25) is 0 Å². The molecular formula is C14H20N4. The Morgan fingerprint density at radius 3 is 2.83 bits per heavy atom. The third kappa shape index (κ3) is 1.52. The quantitative estimate of drug-likeness (QED) is 0.799. The SMILES string of the molecule is CN1CCc2c(N3CC4CCC(C3)N4)ccnc21. The van der Waals surface area contributed by atoms with Gasteiger partial charge in [-0.2, -0.15) is 0 Å². The molecular weight excluding hydrogens is 224 g/mol. The summed E-state index contributed by atoms with van der Waals surface area (Å²) in [6.07, 6.45) is 5.80. The summed E-state index contributed by atoms with van der Waals surface area (Å²) in [5.74, 6) is 1.19. The van der Waals surface area contributed by atoms with Crippen LogP contribution in [0.4, 0.5) is 11.5 Å². The molecule has 2 saturated heterocycles. The van der Waals surface area contributed by atoms with E-state index >= 15 is 0 Å². The fourth-order valence-corrected chi connectivity index (χ4v) is 3.72. The van der Waals surface area contributed by atoms with Crippen molar-refractivity contribution < 1.29 is 0 Å². The van der Waals surface area contributed by atoms with Crippen LogP contribution in [-0.4, -0.2) is 43.7 Å². The highest BCUT2D eigenvalue weighted by Gasteiger charge is 2.34. The molecule has 18 heavy (non-hydrogen) atoms. The smallest absolute Gasteiger partial charge is 0.133 e. The Morgan fingerprint density at radius 2 is 2.06 bits per heavy atom. The average molecular weight is 244 g/mol. The van der Waals surface area contributed by atoms with E-state index in [4.69, 9.17) is 0 Å². The van der Waals surface area contributed by atoms with Crippen LogP contribution in [0.3, 0.4) is 0 Å². The molecule has 96 valence electrons. The minimum absolute atomic E-state index is 0.701. The Labute approximate surface area is 108 Å². The van der Waals surface area contributed by atoms with Crippen molar-refractivity contribution in [1.29, 1.82) is 0 Å². The van der Waals surface area contributed by atoms with Gasteiger partial charge < -0.3 is 15.1 Å². The summed E-state index contributed by atoms with van der Waals surface area (Å²) in [5, 5.41) is 3.70. The lowest BCUT2D eigenvalue weighted by Gasteiger charge is -2.35. The molecule has 0 aromatic carbocycles. The van der Waals surface area contributed by atoms with Crippen LogP contribution in [0.25, 0.3) is 0 Å². The number of likely N-dealkylation sites (N-methyl/N-ethyl adjacent to an activating group) is 1. The van der Waals surface area contributed by atoms with Crippen molar-refractivity contribution in [3.8, 4) is 0 Å². The number of rotatable bonds is 1. The lowest BCUT2D eigenvalue weighted by atomic mass is 10.1. The van der Waals surface area contributed by atoms with Crippen LogP contribution in [-0.2, 0) is 6.42 Å². The first-order valence-electron chi connectivity index (χ1n) is 7.01. The van der Waals surface area contributed by atoms with Gasteiger partial charge in [0.1, 0.15) is 5.82 Å². The maximum absolute atomic E-state index is 4.53. The van der Waals surface area contributed by atoms with E-state index in [9.17, 15) is 0 Å². The fourth-order valence-electron chi connectivity index (χ4n) is 3.72. The molecule has 1 aromatic rings. The van der Waals surface area contributed by atoms with Crippen molar-refractivity contribution in [3.05, 3.63) is 17.8 Å². The summed E-state index contributed by atoms with van der Waals surface area (Å²) in [4.78, 5) is 9.39. The minimum atomic E-state index is 0.701. The van der Waals surface area contributed by atoms with Crippen molar-refractivity contribution in [2.24, 2.45) is 0 Å². The Morgan fingerprint density at radius 1 is 1.28 bits per heavy atom. The van der Waals surface area contributed by atoms with Gasteiger partial charge in [-0.05, 0) is 25.3 Å². The second-order valence-corrected chi connectivity index (χ2v) is 5.85. The maximum atomic E-state index is 4.53. The molecule has 2 unspecified atom stereocenters. The van der Waals surface area contributed by atoms with E-state index in [0.29, 0.717) is 12.1 Å². The Kier molecular flexibility index (Phi) is 2.27. The highest BCUT2D eigenvalue weighted by molar-refractivity contribution is 5.67. The van der Waals surface area contributed by atoms with Gasteiger partial charge in [-0.25, -0.2) is 4.98 Å². The van der Waals surface area contributed by atoms with E-state index in [1.54, 1.807) is 0 Å². The zero-order chi connectivity index (χ0) is 12.1. The monoisotopic (exact) mass is 244 g/mol. The van der Waals surface area contributed by atoms with E-state index in [2.05, 4.69) is 33.2 Å². The van der Waals surface area contributed by atoms with E-state index in [0.717, 1.165) is 26.1 Å². The number of anilines is 2. The summed E-state index contributed by atoms with van der Waals surface area (Å²) in [6.45, 7) is 3.44. The Bertz CT molecular complexity index is 461. The summed E-state index contributed by atoms with van der Waals surface area (Å²) in [7, 11) is 2.14. The van der Waals surface area contributed by atoms with Gasteiger partial charge in [-0.1, -0.05) is 0 Å². The number of nitrogens with zero attached hydrogens (tertiary/aromatic N) is 3. The van der Waals surface area contributed by atoms with E-state index in [-0.39, 0.29) is 0 Å². The van der Waals surface area contributed by atoms with Gasteiger partial charge in [-0.3, -0.25) is 0 Å². The average Bonchev–Trinajstić information content (AvgIpc) is 2.93. The summed E-state index contributed by atoms with van der Waals surface area (Å²) >= 11 is 0. The molecule has 2 bridgehead atoms. The molecule has 1 aromatic heterocycles. The van der Waals surface area contributed by atoms with Crippen LogP contribution < -0.4 is 15.1 Å². The largest absolute Gasteiger partial charge is 0.368 e. The van der Waals surface area contributed by atoms with Crippen LogP contribution in [0.5, 0.6) is 0 Å². The minimum Gasteiger partial charge on any atom is -0.368 e. The lowest BCUT2D eigenvalue weighted by Crippen LogP contribution is -2.51. The lowest BCUT2D eigenvalue weighted by molar-refractivity contribution is 0.465. The van der Waals surface area contributed by atoms with E-state index in [1.165, 1.54) is 29.9 Å². The molecule has 0 radical (unpaired) electrons. The molecule has 0 saturated carbocycles. The van der Waals surface area contributed by atoms with Gasteiger partial charge in [0.05, 0.1) is 0 Å². The second-order valence-electron chi connectivity index (χ2n) is 5.85. The number of aromatic nitrogens is 1. The zero-order valence-electron chi connectivity index (χ0n) is 10.9. The Hall–Kier alpha value is -1.29. The molecule has 3 aliphatic rings. The second kappa shape index (κ2) is 3.85. The molecule has 4 heteroatoms. The van der Waals surface area contributed by atoms with Crippen LogP contribution in [0, 0.1) is 0 Å². The molecule has 0 amide bonds. The van der Waals surface area contributed by atoms with Gasteiger partial charge in [0, 0.05) is 56.2 Å². The Balaban J connectivity index is 1.69. The topological polar surface area (TPSA) is 31.4 Å². The first-order chi connectivity index (χ1) is 8.81. The molecule has 3 aliphatic heterocycles. The standard InChI is InChI=1S/C14H20N4/c1-17-7-5-12-13(4-6-15-14(12)17)18-8-10-2-3-11(9-18)16-10/h4,6,10-11,16H,2-3,5,7-9H2,1H3. The number of hydrogen-bond donors (Lipinski definition) is 1. The number of nitrogens with one attached hydrogen (secondary N) is 1. The third-order valence-electron chi connectivity index (χ3n) is 4.62. The number of fused-ring (bicyclic) bond motifs is 3. The molecule has 4 rings (SSSR count). The van der Waals surface area contributed by atoms with Gasteiger partial charge in [0.25, 0.3) is 0 Å². The van der Waals surface area contributed by atoms with Crippen molar-refractivity contribution in [2.75, 3.05) is 36.5 Å². The molecule has 0 aliphatic carbocycles. The number of pyridine rings is 1.